The molecule has 2 aliphatic heterocycles. The molecule has 2 saturated heterocycles. The average Bonchev–Trinajstić information content (AvgIpc) is 3.07. The van der Waals surface area contributed by atoms with Crippen LogP contribution in [0.5, 0.6) is 0 Å². The van der Waals surface area contributed by atoms with Crippen molar-refractivity contribution in [2.24, 2.45) is 5.73 Å². The molecule has 2 heterocycles. The van der Waals surface area contributed by atoms with Crippen LogP contribution in [0.3, 0.4) is 0 Å². The number of ether oxygens (including phenoxy) is 3. The van der Waals surface area contributed by atoms with Gasteiger partial charge in [0.05, 0.1) is 37.8 Å². The summed E-state index contributed by atoms with van der Waals surface area (Å²) in [4.78, 5) is 32.2. The molecule has 0 saturated carbocycles. The molecule has 43 heavy (non-hydrogen) atoms. The van der Waals surface area contributed by atoms with Crippen molar-refractivity contribution in [2.45, 2.75) is 19.6 Å². The van der Waals surface area contributed by atoms with Crippen molar-refractivity contribution in [1.29, 1.82) is 0 Å². The van der Waals surface area contributed by atoms with E-state index in [1.165, 1.54) is 0 Å². The quantitative estimate of drug-likeness (QED) is 0.358. The molecule has 10 nitrogen and oxygen atoms in total. The summed E-state index contributed by atoms with van der Waals surface area (Å²) in [6.45, 7) is 6.81. The molecule has 0 aromatic heterocycles. The number of benzene rings is 3. The smallest absolute Gasteiger partial charge is 0.412 e. The number of anilines is 2. The number of amides is 3. The van der Waals surface area contributed by atoms with Gasteiger partial charge >= 0.3 is 12.1 Å². The number of nitrogens with two attached hydrogens (primary N) is 1. The van der Waals surface area contributed by atoms with Gasteiger partial charge in [0.2, 0.25) is 0 Å². The van der Waals surface area contributed by atoms with Crippen molar-refractivity contribution < 1.29 is 23.8 Å². The predicted octanol–water partition coefficient (Wildman–Crippen LogP) is 4.54. The van der Waals surface area contributed by atoms with E-state index >= 15 is 0 Å². The zero-order valence-electron chi connectivity index (χ0n) is 24.6. The van der Waals surface area contributed by atoms with Gasteiger partial charge in [0.1, 0.15) is 6.61 Å². The molecule has 10 heteroatoms. The molecule has 3 aromatic carbocycles. The third kappa shape index (κ3) is 8.47. The Kier molecular flexibility index (Phi) is 10.9. The topological polar surface area (TPSA) is 110 Å². The lowest BCUT2D eigenvalue weighted by atomic mass is 10.0. The van der Waals surface area contributed by atoms with Gasteiger partial charge in [-0.15, -0.1) is 0 Å². The molecule has 3 aromatic rings. The van der Waals surface area contributed by atoms with Crippen molar-refractivity contribution in [2.75, 3.05) is 75.9 Å². The minimum atomic E-state index is -0.513. The van der Waals surface area contributed by atoms with E-state index in [2.05, 4.69) is 22.3 Å². The van der Waals surface area contributed by atoms with Crippen LogP contribution in [-0.2, 0) is 27.4 Å². The van der Waals surface area contributed by atoms with Crippen molar-refractivity contribution >= 4 is 23.5 Å². The largest absolute Gasteiger partial charge is 0.444 e. The number of rotatable bonds is 10. The van der Waals surface area contributed by atoms with Crippen molar-refractivity contribution in [3.05, 3.63) is 83.9 Å². The Bertz CT molecular complexity index is 1340. The van der Waals surface area contributed by atoms with Crippen molar-refractivity contribution in [1.82, 2.24) is 9.80 Å². The first kappa shape index (κ1) is 30.3. The number of nitrogens with one attached hydrogen (secondary N) is 1. The summed E-state index contributed by atoms with van der Waals surface area (Å²) in [6.07, 6.45) is 0.218. The lowest BCUT2D eigenvalue weighted by molar-refractivity contribution is 0.0425. The van der Waals surface area contributed by atoms with Crippen molar-refractivity contribution in [3.63, 3.8) is 0 Å². The highest BCUT2D eigenvalue weighted by Gasteiger charge is 2.23. The second kappa shape index (κ2) is 15.4. The minimum Gasteiger partial charge on any atom is -0.444 e. The third-order valence-corrected chi connectivity index (χ3v) is 7.62. The number of carbonyl (C=O) groups excluding carboxylic acids is 2. The van der Waals surface area contributed by atoms with E-state index in [4.69, 9.17) is 19.9 Å². The number of urea groups is 1. The van der Waals surface area contributed by atoms with Gasteiger partial charge < -0.3 is 34.6 Å². The van der Waals surface area contributed by atoms with E-state index in [1.54, 1.807) is 0 Å². The van der Waals surface area contributed by atoms with E-state index in [-0.39, 0.29) is 12.6 Å². The summed E-state index contributed by atoms with van der Waals surface area (Å²) in [7, 11) is 0. The van der Waals surface area contributed by atoms with Gasteiger partial charge in [-0.1, -0.05) is 54.6 Å². The van der Waals surface area contributed by atoms with Gasteiger partial charge in [0.15, 0.2) is 0 Å². The summed E-state index contributed by atoms with van der Waals surface area (Å²) in [6, 6.07) is 23.9. The van der Waals surface area contributed by atoms with Gasteiger partial charge in [0.25, 0.3) is 0 Å². The fourth-order valence-electron chi connectivity index (χ4n) is 5.31. The van der Waals surface area contributed by atoms with Gasteiger partial charge in [-0.2, -0.15) is 0 Å². The van der Waals surface area contributed by atoms with Crippen LogP contribution >= 0.6 is 0 Å². The molecule has 0 bridgehead atoms. The fourth-order valence-corrected chi connectivity index (χ4v) is 5.31. The molecule has 0 atom stereocenters. The maximum Gasteiger partial charge on any atom is 0.412 e. The highest BCUT2D eigenvalue weighted by atomic mass is 16.5. The molecule has 3 amide bonds. The summed E-state index contributed by atoms with van der Waals surface area (Å²) in [5, 5.41) is 2.99. The molecule has 0 unspecified atom stereocenters. The van der Waals surface area contributed by atoms with Crippen molar-refractivity contribution in [3.8, 4) is 11.1 Å². The zero-order valence-corrected chi connectivity index (χ0v) is 24.6. The van der Waals surface area contributed by atoms with Crippen LogP contribution in [0, 0.1) is 0 Å². The first-order valence-electron chi connectivity index (χ1n) is 15.0. The lowest BCUT2D eigenvalue weighted by Crippen LogP contribution is -2.48. The summed E-state index contributed by atoms with van der Waals surface area (Å²) >= 11 is 0. The second-order valence-electron chi connectivity index (χ2n) is 10.7. The summed E-state index contributed by atoms with van der Waals surface area (Å²) in [5.41, 5.74) is 11.3. The standard InChI is InChI=1S/C33H41N5O5/c34-12-5-13-38(33(40)37-16-20-42-21-17-37)24-27-8-4-9-28(22-27)29-10-11-31(36-14-18-41-19-15-36)30(23-29)35-32(39)43-25-26-6-2-1-3-7-26/h1-4,6-11,22-23H,5,12-21,24-25,34H2,(H,35,39). The minimum absolute atomic E-state index is 0.0116. The van der Waals surface area contributed by atoms with E-state index in [0.717, 1.165) is 47.5 Å². The highest BCUT2D eigenvalue weighted by Crippen LogP contribution is 2.33. The SMILES string of the molecule is NCCCN(Cc1cccc(-c2ccc(N3CCOCC3)c(NC(=O)OCc3ccccc3)c2)c1)C(=O)N1CCOCC1. The Balaban J connectivity index is 1.35. The molecule has 228 valence electrons. The van der Waals surface area contributed by atoms with Crippen LogP contribution in [0.15, 0.2) is 72.8 Å². The van der Waals surface area contributed by atoms with Crippen LogP contribution < -0.4 is 16.0 Å². The van der Waals surface area contributed by atoms with Gasteiger partial charge in [-0.05, 0) is 53.4 Å². The number of nitrogens with zero attached hydrogens (tertiary/aromatic N) is 3. The first-order chi connectivity index (χ1) is 21.1. The molecule has 5 rings (SSSR count). The normalized spacial score (nSPS) is 15.2. The van der Waals surface area contributed by atoms with Crippen LogP contribution in [0.1, 0.15) is 17.5 Å². The van der Waals surface area contributed by atoms with E-state index < -0.39 is 6.09 Å². The van der Waals surface area contributed by atoms with Crippen LogP contribution in [0.2, 0.25) is 0 Å². The number of carbonyl (C=O) groups is 2. The van der Waals surface area contributed by atoms with E-state index in [1.807, 2.05) is 70.5 Å². The maximum atomic E-state index is 13.3. The summed E-state index contributed by atoms with van der Waals surface area (Å²) in [5.74, 6) is 0. The number of hydrogen-bond acceptors (Lipinski definition) is 7. The van der Waals surface area contributed by atoms with Crippen LogP contribution in [-0.4, -0.2) is 87.6 Å². The van der Waals surface area contributed by atoms with E-state index in [0.29, 0.717) is 64.8 Å². The predicted molar refractivity (Wildman–Crippen MR) is 167 cm³/mol. The monoisotopic (exact) mass is 587 g/mol. The second-order valence-corrected chi connectivity index (χ2v) is 10.7. The molecule has 0 radical (unpaired) electrons. The summed E-state index contributed by atoms with van der Waals surface area (Å²) < 4.78 is 16.5. The average molecular weight is 588 g/mol. The third-order valence-electron chi connectivity index (χ3n) is 7.62. The number of hydrogen-bond donors (Lipinski definition) is 2. The van der Waals surface area contributed by atoms with E-state index in [9.17, 15) is 9.59 Å². The van der Waals surface area contributed by atoms with Gasteiger partial charge in [-0.3, -0.25) is 5.32 Å². The Morgan fingerprint density at radius 3 is 2.28 bits per heavy atom. The maximum absolute atomic E-state index is 13.3. The van der Waals surface area contributed by atoms with Gasteiger partial charge in [-0.25, -0.2) is 9.59 Å². The molecule has 2 fully saturated rings. The molecular weight excluding hydrogens is 546 g/mol. The molecular formula is C33H41N5O5. The molecule has 3 N–H and O–H groups in total. The Labute approximate surface area is 253 Å². The molecule has 2 aliphatic rings. The lowest BCUT2D eigenvalue weighted by Gasteiger charge is -2.33. The van der Waals surface area contributed by atoms with Gasteiger partial charge in [0, 0.05) is 39.3 Å². The first-order valence-corrected chi connectivity index (χ1v) is 15.0. The molecule has 0 aliphatic carbocycles. The molecule has 0 spiro atoms. The van der Waals surface area contributed by atoms with Crippen LogP contribution in [0.25, 0.3) is 11.1 Å². The number of morpholine rings is 2. The Morgan fingerprint density at radius 2 is 1.53 bits per heavy atom. The highest BCUT2D eigenvalue weighted by molar-refractivity contribution is 5.91. The van der Waals surface area contributed by atoms with Crippen LogP contribution in [0.4, 0.5) is 21.0 Å². The zero-order chi connectivity index (χ0) is 29.9. The fraction of sp³-hybridized carbons (Fsp3) is 0.394. The Hall–Kier alpha value is -4.12. The Morgan fingerprint density at radius 1 is 0.837 bits per heavy atom.